The number of benzene rings is 2. The van der Waals surface area contributed by atoms with Crippen molar-refractivity contribution in [2.75, 3.05) is 12.4 Å². The Labute approximate surface area is 204 Å². The van der Waals surface area contributed by atoms with E-state index in [9.17, 15) is 14.4 Å². The predicted molar refractivity (Wildman–Crippen MR) is 130 cm³/mol. The molecule has 1 aliphatic heterocycles. The summed E-state index contributed by atoms with van der Waals surface area (Å²) < 4.78 is 5.70. The van der Waals surface area contributed by atoms with Crippen LogP contribution in [0, 0.1) is 0 Å². The lowest BCUT2D eigenvalue weighted by molar-refractivity contribution is -0.115. The summed E-state index contributed by atoms with van der Waals surface area (Å²) in [5, 5.41) is 6.14. The third-order valence-corrected chi connectivity index (χ3v) is 5.85. The van der Waals surface area contributed by atoms with E-state index in [-0.39, 0.29) is 16.6 Å². The summed E-state index contributed by atoms with van der Waals surface area (Å²) in [4.78, 5) is 37.3. The van der Waals surface area contributed by atoms with Gasteiger partial charge in [-0.1, -0.05) is 29.3 Å². The molecule has 0 unspecified atom stereocenters. The highest BCUT2D eigenvalue weighted by Gasteiger charge is 2.32. The lowest BCUT2D eigenvalue weighted by Crippen LogP contribution is -2.32. The fraction of sp³-hybridized carbons (Fsp3) is 0.0435. The van der Waals surface area contributed by atoms with E-state index in [2.05, 4.69) is 10.6 Å². The third-order valence-electron chi connectivity index (χ3n) is 4.83. The first-order chi connectivity index (χ1) is 15.7. The zero-order chi connectivity index (χ0) is 23.7. The molecule has 2 aromatic carbocycles. The van der Waals surface area contributed by atoms with Gasteiger partial charge < -0.3 is 9.73 Å². The minimum absolute atomic E-state index is 0.0283. The van der Waals surface area contributed by atoms with E-state index in [0.717, 1.165) is 4.90 Å². The molecule has 0 fully saturated rings. The van der Waals surface area contributed by atoms with Crippen molar-refractivity contribution < 1.29 is 18.8 Å². The summed E-state index contributed by atoms with van der Waals surface area (Å²) in [7, 11) is 1.42. The van der Waals surface area contributed by atoms with Gasteiger partial charge in [0.05, 0.1) is 21.2 Å². The second kappa shape index (κ2) is 9.19. The highest BCUT2D eigenvalue weighted by molar-refractivity contribution is 7.80. The Morgan fingerprint density at radius 1 is 1.03 bits per heavy atom. The molecule has 0 saturated carbocycles. The zero-order valence-corrected chi connectivity index (χ0v) is 19.3. The maximum absolute atomic E-state index is 12.2. The number of hydrogen-bond donors (Lipinski definition) is 2. The van der Waals surface area contributed by atoms with Crippen molar-refractivity contribution in [3.05, 3.63) is 81.5 Å². The van der Waals surface area contributed by atoms with Crippen LogP contribution in [0.4, 0.5) is 5.69 Å². The smallest absolute Gasteiger partial charge is 0.261 e. The number of nitrogens with one attached hydrogen (secondary N) is 2. The molecule has 2 heterocycles. The van der Waals surface area contributed by atoms with E-state index >= 15 is 0 Å². The van der Waals surface area contributed by atoms with Crippen LogP contribution in [0.1, 0.15) is 26.5 Å². The average molecular weight is 500 g/mol. The van der Waals surface area contributed by atoms with Crippen molar-refractivity contribution in [3.8, 4) is 11.3 Å². The number of amides is 3. The molecule has 0 atom stereocenters. The second-order valence-corrected chi connectivity index (χ2v) is 8.20. The second-order valence-electron chi connectivity index (χ2n) is 7.01. The summed E-state index contributed by atoms with van der Waals surface area (Å²) in [6.07, 6.45) is 2.74. The van der Waals surface area contributed by atoms with E-state index in [0.29, 0.717) is 38.4 Å². The number of carbonyl (C=O) groups is 3. The van der Waals surface area contributed by atoms with Crippen LogP contribution in [0.15, 0.2) is 59.0 Å². The number of halogens is 2. The Morgan fingerprint density at radius 3 is 2.58 bits per heavy atom. The van der Waals surface area contributed by atoms with Crippen molar-refractivity contribution in [3.63, 3.8) is 0 Å². The molecule has 0 saturated heterocycles. The van der Waals surface area contributed by atoms with E-state index in [4.69, 9.17) is 39.8 Å². The molecule has 3 amide bonds. The molecular formula is C23H15Cl2N3O4S. The van der Waals surface area contributed by atoms with Crippen LogP contribution < -0.4 is 10.6 Å². The van der Waals surface area contributed by atoms with Crippen molar-refractivity contribution >= 4 is 70.0 Å². The van der Waals surface area contributed by atoms with Crippen molar-refractivity contribution in [2.45, 2.75) is 0 Å². The van der Waals surface area contributed by atoms with Crippen LogP contribution in [0.5, 0.6) is 0 Å². The fourth-order valence-electron chi connectivity index (χ4n) is 3.19. The molecular weight excluding hydrogens is 485 g/mol. The topological polar surface area (TPSA) is 91.7 Å². The van der Waals surface area contributed by atoms with Crippen LogP contribution in [0.25, 0.3) is 17.4 Å². The quantitative estimate of drug-likeness (QED) is 0.298. The number of thiocarbonyl (C=S) groups is 1. The lowest BCUT2D eigenvalue weighted by atomic mass is 10.1. The molecule has 4 rings (SSSR count). The van der Waals surface area contributed by atoms with Gasteiger partial charge in [-0.25, -0.2) is 0 Å². The number of rotatable bonds is 4. The molecule has 0 bridgehead atoms. The van der Waals surface area contributed by atoms with E-state index in [1.165, 1.54) is 31.3 Å². The summed E-state index contributed by atoms with van der Waals surface area (Å²) >= 11 is 17.4. The van der Waals surface area contributed by atoms with Gasteiger partial charge >= 0.3 is 0 Å². The van der Waals surface area contributed by atoms with Crippen LogP contribution in [-0.4, -0.2) is 34.8 Å². The molecule has 166 valence electrons. The van der Waals surface area contributed by atoms with Gasteiger partial charge in [0.1, 0.15) is 11.5 Å². The highest BCUT2D eigenvalue weighted by atomic mass is 35.5. The number of imide groups is 1. The Bertz CT molecular complexity index is 1350. The van der Waals surface area contributed by atoms with Gasteiger partial charge in [0, 0.05) is 24.4 Å². The van der Waals surface area contributed by atoms with Gasteiger partial charge in [0.2, 0.25) is 5.91 Å². The average Bonchev–Trinajstić information content (AvgIpc) is 3.34. The number of nitrogens with zero attached hydrogens (tertiary/aromatic N) is 1. The van der Waals surface area contributed by atoms with E-state index in [1.807, 2.05) is 0 Å². The van der Waals surface area contributed by atoms with Crippen molar-refractivity contribution in [2.24, 2.45) is 0 Å². The van der Waals surface area contributed by atoms with Crippen LogP contribution >= 0.6 is 35.4 Å². The zero-order valence-electron chi connectivity index (χ0n) is 17.0. The summed E-state index contributed by atoms with van der Waals surface area (Å²) in [6, 6.07) is 13.3. The summed E-state index contributed by atoms with van der Waals surface area (Å²) in [6.45, 7) is 0. The Morgan fingerprint density at radius 2 is 1.79 bits per heavy atom. The fourth-order valence-corrected chi connectivity index (χ4v) is 3.81. The molecule has 33 heavy (non-hydrogen) atoms. The first kappa shape index (κ1) is 22.7. The van der Waals surface area contributed by atoms with Crippen molar-refractivity contribution in [1.29, 1.82) is 0 Å². The van der Waals surface area contributed by atoms with Crippen LogP contribution in [-0.2, 0) is 4.79 Å². The highest BCUT2D eigenvalue weighted by Crippen LogP contribution is 2.34. The maximum Gasteiger partial charge on any atom is 0.261 e. The maximum atomic E-state index is 12.2. The first-order valence-corrected chi connectivity index (χ1v) is 10.7. The number of furan rings is 1. The number of fused-ring (bicyclic) bond motifs is 1. The van der Waals surface area contributed by atoms with Gasteiger partial charge in [-0.05, 0) is 60.8 Å². The standard InChI is InChI=1S/C23H15Cl2N3O4S/c1-28-21(30)14-8-5-12(11-16(14)22(28)31)26-23(33)27-19(29)10-7-13-6-9-18(32-13)15-3-2-4-17(24)20(15)25/h2-11H,1H3,(H2,26,27,29,33)/b10-7+. The van der Waals surface area contributed by atoms with Gasteiger partial charge in [0.15, 0.2) is 5.11 Å². The number of carbonyl (C=O) groups excluding carboxylic acids is 3. The van der Waals surface area contributed by atoms with E-state index < -0.39 is 11.8 Å². The van der Waals surface area contributed by atoms with Gasteiger partial charge in [0.25, 0.3) is 11.8 Å². The monoisotopic (exact) mass is 499 g/mol. The lowest BCUT2D eigenvalue weighted by Gasteiger charge is -2.08. The van der Waals surface area contributed by atoms with Crippen LogP contribution in [0.2, 0.25) is 10.0 Å². The molecule has 0 radical (unpaired) electrons. The van der Waals surface area contributed by atoms with E-state index in [1.54, 1.807) is 36.4 Å². The predicted octanol–water partition coefficient (Wildman–Crippen LogP) is 5.01. The normalized spacial score (nSPS) is 12.9. The first-order valence-electron chi connectivity index (χ1n) is 9.55. The SMILES string of the molecule is CN1C(=O)c2ccc(NC(=S)NC(=O)/C=C/c3ccc(-c4cccc(Cl)c4Cl)o3)cc2C1=O. The molecule has 10 heteroatoms. The molecule has 3 aromatic rings. The van der Waals surface area contributed by atoms with Gasteiger partial charge in [-0.2, -0.15) is 0 Å². The van der Waals surface area contributed by atoms with Crippen LogP contribution in [0.3, 0.4) is 0 Å². The molecule has 2 N–H and O–H groups in total. The molecule has 0 spiro atoms. The third kappa shape index (κ3) is 4.68. The van der Waals surface area contributed by atoms with Crippen molar-refractivity contribution in [1.82, 2.24) is 10.2 Å². The Hall–Kier alpha value is -3.46. The molecule has 1 aromatic heterocycles. The largest absolute Gasteiger partial charge is 0.457 e. The molecule has 7 nitrogen and oxygen atoms in total. The number of hydrogen-bond acceptors (Lipinski definition) is 5. The summed E-state index contributed by atoms with van der Waals surface area (Å²) in [5.41, 5.74) is 1.70. The Kier molecular flexibility index (Phi) is 6.33. The summed E-state index contributed by atoms with van der Waals surface area (Å²) in [5.74, 6) is -0.302. The molecule has 1 aliphatic rings. The minimum Gasteiger partial charge on any atom is -0.457 e. The van der Waals surface area contributed by atoms with Gasteiger partial charge in [-0.3, -0.25) is 24.6 Å². The molecule has 0 aliphatic carbocycles. The number of anilines is 1. The Balaban J connectivity index is 1.37. The minimum atomic E-state index is -0.488. The van der Waals surface area contributed by atoms with Gasteiger partial charge in [-0.15, -0.1) is 0 Å².